The van der Waals surface area contributed by atoms with Crippen molar-refractivity contribution < 1.29 is 9.47 Å². The fourth-order valence-electron chi connectivity index (χ4n) is 1.80. The highest BCUT2D eigenvalue weighted by Gasteiger charge is 2.11. The third-order valence-corrected chi connectivity index (χ3v) is 2.83. The van der Waals surface area contributed by atoms with Crippen LogP contribution >= 0.6 is 0 Å². The Hall–Kier alpha value is -1.70. The highest BCUT2D eigenvalue weighted by Crippen LogP contribution is 2.26. The maximum atomic E-state index is 5.82. The number of rotatable bonds is 7. The molecule has 0 aliphatic heterocycles. The topological polar surface area (TPSA) is 56.5 Å². The van der Waals surface area contributed by atoms with E-state index >= 15 is 0 Å². The van der Waals surface area contributed by atoms with E-state index < -0.39 is 0 Å². The van der Waals surface area contributed by atoms with Crippen LogP contribution in [0.25, 0.3) is 0 Å². The maximum absolute atomic E-state index is 5.82. The smallest absolute Gasteiger partial charge is 0.122 e. The number of hydrogen-bond donors (Lipinski definition) is 2. The molecular formula is C15H22N2O2. The molecule has 4 nitrogen and oxygen atoms in total. The first kappa shape index (κ1) is 15.4. The van der Waals surface area contributed by atoms with Crippen molar-refractivity contribution >= 4 is 0 Å². The van der Waals surface area contributed by atoms with Crippen LogP contribution in [0.1, 0.15) is 24.9 Å². The van der Waals surface area contributed by atoms with Crippen LogP contribution in [-0.2, 0) is 0 Å². The van der Waals surface area contributed by atoms with E-state index in [1.807, 2.05) is 25.1 Å². The van der Waals surface area contributed by atoms with Crippen LogP contribution in [0.2, 0.25) is 0 Å². The van der Waals surface area contributed by atoms with E-state index in [0.717, 1.165) is 30.0 Å². The summed E-state index contributed by atoms with van der Waals surface area (Å²) in [6.45, 7) is 3.16. The van der Waals surface area contributed by atoms with Gasteiger partial charge in [-0.2, -0.15) is 0 Å². The molecule has 1 unspecified atom stereocenters. The molecule has 104 valence electrons. The van der Waals surface area contributed by atoms with E-state index in [1.54, 1.807) is 14.2 Å². The van der Waals surface area contributed by atoms with E-state index in [2.05, 4.69) is 17.2 Å². The van der Waals surface area contributed by atoms with Gasteiger partial charge in [-0.15, -0.1) is 11.8 Å². The third kappa shape index (κ3) is 4.82. The van der Waals surface area contributed by atoms with E-state index in [0.29, 0.717) is 6.54 Å². The Kier molecular flexibility index (Phi) is 6.80. The fourth-order valence-corrected chi connectivity index (χ4v) is 1.80. The molecule has 3 N–H and O–H groups in total. The molecule has 0 aliphatic carbocycles. The molecule has 0 heterocycles. The molecule has 0 fully saturated rings. The van der Waals surface area contributed by atoms with Gasteiger partial charge in [0.2, 0.25) is 0 Å². The highest BCUT2D eigenvalue weighted by molar-refractivity contribution is 5.40. The summed E-state index contributed by atoms with van der Waals surface area (Å²) in [7, 11) is 3.28. The quantitative estimate of drug-likeness (QED) is 0.580. The van der Waals surface area contributed by atoms with Crippen LogP contribution in [0.4, 0.5) is 0 Å². The predicted octanol–water partition coefficient (Wildman–Crippen LogP) is 1.71. The molecule has 0 spiro atoms. The maximum Gasteiger partial charge on any atom is 0.122 e. The van der Waals surface area contributed by atoms with Crippen LogP contribution in [0.15, 0.2) is 18.2 Å². The summed E-state index contributed by atoms with van der Waals surface area (Å²) in [5.41, 5.74) is 6.88. The van der Waals surface area contributed by atoms with Gasteiger partial charge in [-0.1, -0.05) is 0 Å². The average Bonchev–Trinajstić information content (AvgIpc) is 2.46. The van der Waals surface area contributed by atoms with Gasteiger partial charge in [-0.25, -0.2) is 0 Å². The Morgan fingerprint density at radius 1 is 1.21 bits per heavy atom. The van der Waals surface area contributed by atoms with Gasteiger partial charge in [0.25, 0.3) is 0 Å². The molecule has 1 aromatic rings. The summed E-state index contributed by atoms with van der Waals surface area (Å²) in [4.78, 5) is 0. The minimum Gasteiger partial charge on any atom is -0.497 e. The standard InChI is InChI=1S/C15H22N2O2/c1-4-5-6-7-17-15(11-16)12-8-13(18-2)10-14(9-12)19-3/h8-10,15,17H,6-7,11,16H2,1-3H3. The minimum absolute atomic E-state index is 0.0719. The Morgan fingerprint density at radius 3 is 2.32 bits per heavy atom. The second-order valence-electron chi connectivity index (χ2n) is 4.07. The summed E-state index contributed by atoms with van der Waals surface area (Å²) >= 11 is 0. The lowest BCUT2D eigenvalue weighted by Crippen LogP contribution is -2.28. The molecule has 1 rings (SSSR count). The van der Waals surface area contributed by atoms with Gasteiger partial charge in [0, 0.05) is 31.6 Å². The van der Waals surface area contributed by atoms with Crippen LogP contribution in [0.5, 0.6) is 11.5 Å². The van der Waals surface area contributed by atoms with Crippen molar-refractivity contribution in [2.45, 2.75) is 19.4 Å². The molecule has 4 heteroatoms. The summed E-state index contributed by atoms with van der Waals surface area (Å²) in [6.07, 6.45) is 0.814. The lowest BCUT2D eigenvalue weighted by atomic mass is 10.1. The first-order chi connectivity index (χ1) is 9.24. The predicted molar refractivity (Wildman–Crippen MR) is 77.4 cm³/mol. The zero-order chi connectivity index (χ0) is 14.1. The monoisotopic (exact) mass is 262 g/mol. The Bertz CT molecular complexity index is 427. The highest BCUT2D eigenvalue weighted by atomic mass is 16.5. The lowest BCUT2D eigenvalue weighted by molar-refractivity contribution is 0.391. The van der Waals surface area contributed by atoms with Crippen molar-refractivity contribution in [3.8, 4) is 23.3 Å². The second kappa shape index (κ2) is 8.41. The van der Waals surface area contributed by atoms with Crippen LogP contribution in [0.3, 0.4) is 0 Å². The van der Waals surface area contributed by atoms with E-state index in [9.17, 15) is 0 Å². The molecule has 1 atom stereocenters. The molecule has 0 saturated heterocycles. The first-order valence-corrected chi connectivity index (χ1v) is 6.31. The van der Waals surface area contributed by atoms with E-state index in [1.165, 1.54) is 0 Å². The lowest BCUT2D eigenvalue weighted by Gasteiger charge is -2.18. The van der Waals surface area contributed by atoms with Crippen molar-refractivity contribution in [2.24, 2.45) is 5.73 Å². The number of ether oxygens (including phenoxy) is 2. The van der Waals surface area contributed by atoms with Crippen molar-refractivity contribution in [3.63, 3.8) is 0 Å². The van der Waals surface area contributed by atoms with Gasteiger partial charge in [0.1, 0.15) is 11.5 Å². The van der Waals surface area contributed by atoms with Crippen molar-refractivity contribution in [3.05, 3.63) is 23.8 Å². The van der Waals surface area contributed by atoms with Gasteiger partial charge in [0.05, 0.1) is 14.2 Å². The number of methoxy groups -OCH3 is 2. The largest absolute Gasteiger partial charge is 0.497 e. The van der Waals surface area contributed by atoms with E-state index in [4.69, 9.17) is 15.2 Å². The summed E-state index contributed by atoms with van der Waals surface area (Å²) in [6, 6.07) is 5.86. The normalized spacial score (nSPS) is 11.4. The van der Waals surface area contributed by atoms with Crippen LogP contribution in [-0.4, -0.2) is 27.3 Å². The van der Waals surface area contributed by atoms with Crippen LogP contribution in [0, 0.1) is 11.8 Å². The number of hydrogen-bond acceptors (Lipinski definition) is 4. The number of nitrogens with two attached hydrogens (primary N) is 1. The van der Waals surface area contributed by atoms with Gasteiger partial charge in [-0.05, 0) is 24.6 Å². The van der Waals surface area contributed by atoms with Crippen molar-refractivity contribution in [1.82, 2.24) is 5.32 Å². The number of benzene rings is 1. The van der Waals surface area contributed by atoms with Gasteiger partial charge in [-0.3, -0.25) is 0 Å². The van der Waals surface area contributed by atoms with Gasteiger partial charge in [0.15, 0.2) is 0 Å². The van der Waals surface area contributed by atoms with E-state index in [-0.39, 0.29) is 6.04 Å². The molecular weight excluding hydrogens is 240 g/mol. The fraction of sp³-hybridized carbons (Fsp3) is 0.467. The minimum atomic E-state index is 0.0719. The molecule has 1 aromatic carbocycles. The second-order valence-corrected chi connectivity index (χ2v) is 4.07. The molecule has 0 radical (unpaired) electrons. The zero-order valence-electron chi connectivity index (χ0n) is 11.8. The number of nitrogens with one attached hydrogen (secondary N) is 1. The first-order valence-electron chi connectivity index (χ1n) is 6.31. The van der Waals surface area contributed by atoms with Gasteiger partial charge >= 0.3 is 0 Å². The molecule has 0 bridgehead atoms. The molecule has 0 amide bonds. The average molecular weight is 262 g/mol. The Labute approximate surface area is 115 Å². The third-order valence-electron chi connectivity index (χ3n) is 2.83. The summed E-state index contributed by atoms with van der Waals surface area (Å²) < 4.78 is 10.5. The molecule has 0 aliphatic rings. The molecule has 19 heavy (non-hydrogen) atoms. The summed E-state index contributed by atoms with van der Waals surface area (Å²) in [5, 5.41) is 3.38. The van der Waals surface area contributed by atoms with Gasteiger partial charge < -0.3 is 20.5 Å². The SMILES string of the molecule is CC#CCCNC(CN)c1cc(OC)cc(OC)c1. The molecule has 0 aromatic heterocycles. The zero-order valence-corrected chi connectivity index (χ0v) is 11.8. The molecule has 0 saturated carbocycles. The van der Waals surface area contributed by atoms with Crippen LogP contribution < -0.4 is 20.5 Å². The Morgan fingerprint density at radius 2 is 1.84 bits per heavy atom. The Balaban J connectivity index is 2.80. The summed E-state index contributed by atoms with van der Waals surface area (Å²) in [5.74, 6) is 7.43. The van der Waals surface area contributed by atoms with Crippen molar-refractivity contribution in [1.29, 1.82) is 0 Å². The van der Waals surface area contributed by atoms with Crippen molar-refractivity contribution in [2.75, 3.05) is 27.3 Å².